The van der Waals surface area contributed by atoms with Crippen molar-refractivity contribution < 1.29 is 0 Å². The van der Waals surface area contributed by atoms with Crippen LogP contribution in [0.2, 0.25) is 0 Å². The molecule has 0 amide bonds. The van der Waals surface area contributed by atoms with Crippen molar-refractivity contribution >= 4 is 0 Å². The van der Waals surface area contributed by atoms with Gasteiger partial charge in [0.25, 0.3) is 0 Å². The summed E-state index contributed by atoms with van der Waals surface area (Å²) >= 11 is 0. The van der Waals surface area contributed by atoms with Gasteiger partial charge in [0.15, 0.2) is 0 Å². The van der Waals surface area contributed by atoms with Crippen LogP contribution in [0.1, 0.15) is 51.1 Å². The maximum absolute atomic E-state index is 4.22. The second kappa shape index (κ2) is 7.06. The molecule has 2 rings (SSSR count). The third kappa shape index (κ3) is 4.32. The number of hydrogen-bond acceptors (Lipinski definition) is 3. The summed E-state index contributed by atoms with van der Waals surface area (Å²) in [5.74, 6) is 0. The quantitative estimate of drug-likeness (QED) is 0.801. The largest absolute Gasteiger partial charge is 0.310 e. The average Bonchev–Trinajstić information content (AvgIpc) is 2.83. The van der Waals surface area contributed by atoms with Gasteiger partial charge in [0.1, 0.15) is 0 Å². The smallest absolute Gasteiger partial charge is 0.0537 e. The highest BCUT2D eigenvalue weighted by Crippen LogP contribution is 2.16. The molecule has 0 bridgehead atoms. The predicted octanol–water partition coefficient (Wildman–Crippen LogP) is 2.34. The van der Waals surface area contributed by atoms with Crippen LogP contribution in [0.15, 0.2) is 12.4 Å². The minimum atomic E-state index is 0.396. The van der Waals surface area contributed by atoms with Crippen LogP contribution in [0.25, 0.3) is 0 Å². The molecule has 0 radical (unpaired) electrons. The predicted molar refractivity (Wildman–Crippen MR) is 79.1 cm³/mol. The maximum atomic E-state index is 4.22. The number of nitrogens with zero attached hydrogens (tertiary/aromatic N) is 3. The Hall–Kier alpha value is -0.870. The normalized spacial score (nSPS) is 22.6. The molecule has 1 saturated heterocycles. The molecule has 0 aliphatic carbocycles. The molecule has 1 fully saturated rings. The van der Waals surface area contributed by atoms with Gasteiger partial charge in [-0.2, -0.15) is 5.10 Å². The molecular weight excluding hydrogens is 236 g/mol. The summed E-state index contributed by atoms with van der Waals surface area (Å²) in [5, 5.41) is 7.80. The first-order valence-electron chi connectivity index (χ1n) is 7.63. The lowest BCUT2D eigenvalue weighted by molar-refractivity contribution is 0.158. The van der Waals surface area contributed by atoms with Gasteiger partial charge in [-0.3, -0.25) is 4.68 Å². The van der Waals surface area contributed by atoms with E-state index in [1.165, 1.54) is 44.3 Å². The highest BCUT2D eigenvalue weighted by atomic mass is 15.2. The molecule has 0 saturated carbocycles. The third-order valence-electron chi connectivity index (χ3n) is 4.24. The zero-order chi connectivity index (χ0) is 13.7. The minimum absolute atomic E-state index is 0.396. The van der Waals surface area contributed by atoms with Crippen molar-refractivity contribution in [1.29, 1.82) is 0 Å². The van der Waals surface area contributed by atoms with Gasteiger partial charge >= 0.3 is 0 Å². The molecule has 4 heteroatoms. The average molecular weight is 264 g/mol. The number of likely N-dealkylation sites (tertiary alicyclic amines) is 1. The van der Waals surface area contributed by atoms with E-state index in [1.54, 1.807) is 0 Å². The highest BCUT2D eigenvalue weighted by Gasteiger charge is 2.17. The molecule has 1 aliphatic rings. The fraction of sp³-hybridized carbons (Fsp3) is 0.800. The van der Waals surface area contributed by atoms with Crippen LogP contribution in [0.5, 0.6) is 0 Å². The molecular formula is C15H28N4. The zero-order valence-corrected chi connectivity index (χ0v) is 12.6. The van der Waals surface area contributed by atoms with Crippen molar-refractivity contribution in [3.63, 3.8) is 0 Å². The zero-order valence-electron chi connectivity index (χ0n) is 12.6. The molecule has 2 unspecified atom stereocenters. The van der Waals surface area contributed by atoms with Gasteiger partial charge in [-0.15, -0.1) is 0 Å². The Morgan fingerprint density at radius 1 is 1.47 bits per heavy atom. The molecule has 0 aromatic carbocycles. The number of hydrogen-bond donors (Lipinski definition) is 1. The SMILES string of the molecule is CC(NCCCN1CCCCC1C)c1cnn(C)c1. The molecule has 2 atom stereocenters. The van der Waals surface area contributed by atoms with Crippen LogP contribution >= 0.6 is 0 Å². The van der Waals surface area contributed by atoms with Crippen LogP contribution in [0.4, 0.5) is 0 Å². The van der Waals surface area contributed by atoms with Crippen LogP contribution < -0.4 is 5.32 Å². The van der Waals surface area contributed by atoms with Gasteiger partial charge in [-0.25, -0.2) is 0 Å². The molecule has 1 N–H and O–H groups in total. The lowest BCUT2D eigenvalue weighted by Gasteiger charge is -2.33. The van der Waals surface area contributed by atoms with Crippen molar-refractivity contribution in [2.75, 3.05) is 19.6 Å². The molecule has 19 heavy (non-hydrogen) atoms. The highest BCUT2D eigenvalue weighted by molar-refractivity contribution is 5.08. The Kier molecular flexibility index (Phi) is 5.40. The summed E-state index contributed by atoms with van der Waals surface area (Å²) in [6.07, 6.45) is 9.43. The fourth-order valence-electron chi connectivity index (χ4n) is 2.87. The lowest BCUT2D eigenvalue weighted by atomic mass is 10.0. The Balaban J connectivity index is 1.63. The first kappa shape index (κ1) is 14.5. The van der Waals surface area contributed by atoms with Gasteiger partial charge in [0.05, 0.1) is 6.20 Å². The summed E-state index contributed by atoms with van der Waals surface area (Å²) in [5.41, 5.74) is 1.27. The van der Waals surface area contributed by atoms with Gasteiger partial charge in [0.2, 0.25) is 0 Å². The number of aromatic nitrogens is 2. The number of rotatable bonds is 6. The van der Waals surface area contributed by atoms with E-state index in [4.69, 9.17) is 0 Å². The maximum Gasteiger partial charge on any atom is 0.0537 e. The first-order valence-corrected chi connectivity index (χ1v) is 7.63. The first-order chi connectivity index (χ1) is 9.16. The van der Waals surface area contributed by atoms with Gasteiger partial charge < -0.3 is 10.2 Å². The van der Waals surface area contributed by atoms with Gasteiger partial charge in [-0.1, -0.05) is 6.42 Å². The Bertz CT molecular complexity index is 374. The van der Waals surface area contributed by atoms with Crippen molar-refractivity contribution in [3.8, 4) is 0 Å². The van der Waals surface area contributed by atoms with Crippen molar-refractivity contribution in [1.82, 2.24) is 20.0 Å². The third-order valence-corrected chi connectivity index (χ3v) is 4.24. The molecule has 108 valence electrons. The summed E-state index contributed by atoms with van der Waals surface area (Å²) < 4.78 is 1.86. The van der Waals surface area contributed by atoms with E-state index >= 15 is 0 Å². The molecule has 4 nitrogen and oxygen atoms in total. The van der Waals surface area contributed by atoms with Crippen LogP contribution in [0, 0.1) is 0 Å². The van der Waals surface area contributed by atoms with Crippen LogP contribution in [-0.2, 0) is 7.05 Å². The Morgan fingerprint density at radius 3 is 3.00 bits per heavy atom. The fourth-order valence-corrected chi connectivity index (χ4v) is 2.87. The molecule has 1 aromatic heterocycles. The van der Waals surface area contributed by atoms with E-state index < -0.39 is 0 Å². The lowest BCUT2D eigenvalue weighted by Crippen LogP contribution is -2.39. The van der Waals surface area contributed by atoms with Crippen LogP contribution in [0.3, 0.4) is 0 Å². The molecule has 2 heterocycles. The number of piperidine rings is 1. The van der Waals surface area contributed by atoms with Gasteiger partial charge in [-0.05, 0) is 52.7 Å². The summed E-state index contributed by atoms with van der Waals surface area (Å²) in [6.45, 7) is 8.18. The standard InChI is InChI=1S/C15H28N4/c1-13-7-4-5-9-19(13)10-6-8-16-14(2)15-11-17-18(3)12-15/h11-14,16H,4-10H2,1-3H3. The Labute approximate surface area is 117 Å². The van der Waals surface area contributed by atoms with Gasteiger partial charge in [0, 0.05) is 30.9 Å². The van der Waals surface area contributed by atoms with Crippen molar-refractivity contribution in [3.05, 3.63) is 18.0 Å². The monoisotopic (exact) mass is 264 g/mol. The van der Waals surface area contributed by atoms with E-state index in [-0.39, 0.29) is 0 Å². The topological polar surface area (TPSA) is 33.1 Å². The second-order valence-corrected chi connectivity index (χ2v) is 5.86. The molecule has 1 aromatic rings. The van der Waals surface area contributed by atoms with E-state index in [0.717, 1.165) is 12.6 Å². The number of aryl methyl sites for hydroxylation is 1. The van der Waals surface area contributed by atoms with Crippen molar-refractivity contribution in [2.24, 2.45) is 7.05 Å². The minimum Gasteiger partial charge on any atom is -0.310 e. The summed E-state index contributed by atoms with van der Waals surface area (Å²) in [7, 11) is 1.97. The van der Waals surface area contributed by atoms with Crippen LogP contribution in [-0.4, -0.2) is 40.4 Å². The van der Waals surface area contributed by atoms with E-state index in [2.05, 4.69) is 35.4 Å². The molecule has 0 spiro atoms. The van der Waals surface area contributed by atoms with E-state index in [9.17, 15) is 0 Å². The Morgan fingerprint density at radius 2 is 2.32 bits per heavy atom. The molecule has 1 aliphatic heterocycles. The summed E-state index contributed by atoms with van der Waals surface area (Å²) in [6, 6.07) is 1.18. The second-order valence-electron chi connectivity index (χ2n) is 5.86. The van der Waals surface area contributed by atoms with E-state index in [1.807, 2.05) is 17.9 Å². The van der Waals surface area contributed by atoms with E-state index in [0.29, 0.717) is 6.04 Å². The summed E-state index contributed by atoms with van der Waals surface area (Å²) in [4.78, 5) is 2.64. The number of nitrogens with one attached hydrogen (secondary N) is 1. The van der Waals surface area contributed by atoms with Crippen molar-refractivity contribution in [2.45, 2.75) is 51.6 Å².